The highest BCUT2D eigenvalue weighted by molar-refractivity contribution is 7.99. The SMILES string of the molecule is CCCCNC(=O)C(Cc1ccccc1)N(Cc1ccc(Cl)cc1)C(=O)CSCc1ccc(F)cc1. The lowest BCUT2D eigenvalue weighted by atomic mass is 10.0. The van der Waals surface area contributed by atoms with Crippen molar-refractivity contribution in [3.05, 3.63) is 106 Å². The number of unbranched alkanes of at least 4 members (excludes halogenated alkanes) is 1. The molecule has 3 aromatic carbocycles. The fraction of sp³-hybridized carbons (Fsp3) is 0.310. The van der Waals surface area contributed by atoms with Crippen LogP contribution in [0.2, 0.25) is 5.02 Å². The van der Waals surface area contributed by atoms with Gasteiger partial charge in [0.15, 0.2) is 0 Å². The van der Waals surface area contributed by atoms with Gasteiger partial charge in [0.05, 0.1) is 5.75 Å². The summed E-state index contributed by atoms with van der Waals surface area (Å²) in [5.41, 5.74) is 2.83. The van der Waals surface area contributed by atoms with Gasteiger partial charge in [-0.05, 0) is 47.4 Å². The number of nitrogens with zero attached hydrogens (tertiary/aromatic N) is 1. The normalized spacial score (nSPS) is 11.6. The van der Waals surface area contributed by atoms with Crippen LogP contribution in [0.15, 0.2) is 78.9 Å². The summed E-state index contributed by atoms with van der Waals surface area (Å²) in [5.74, 6) is 0.222. The van der Waals surface area contributed by atoms with Crippen molar-refractivity contribution >= 4 is 35.2 Å². The van der Waals surface area contributed by atoms with E-state index < -0.39 is 6.04 Å². The minimum atomic E-state index is -0.654. The zero-order valence-corrected chi connectivity index (χ0v) is 22.0. The summed E-state index contributed by atoms with van der Waals surface area (Å²) < 4.78 is 13.2. The molecule has 1 atom stereocenters. The van der Waals surface area contributed by atoms with Gasteiger partial charge in [-0.3, -0.25) is 9.59 Å². The maximum absolute atomic E-state index is 13.6. The molecule has 0 heterocycles. The Kier molecular flexibility index (Phi) is 11.3. The number of hydrogen-bond donors (Lipinski definition) is 1. The van der Waals surface area contributed by atoms with Crippen molar-refractivity contribution in [2.75, 3.05) is 12.3 Å². The molecule has 190 valence electrons. The molecule has 2 amide bonds. The first-order valence-corrected chi connectivity index (χ1v) is 13.7. The maximum Gasteiger partial charge on any atom is 0.243 e. The molecule has 0 aliphatic carbocycles. The van der Waals surface area contributed by atoms with Gasteiger partial charge in [-0.15, -0.1) is 11.8 Å². The fourth-order valence-corrected chi connectivity index (χ4v) is 4.76. The Morgan fingerprint density at radius 1 is 0.944 bits per heavy atom. The first-order valence-electron chi connectivity index (χ1n) is 12.1. The van der Waals surface area contributed by atoms with Crippen LogP contribution < -0.4 is 5.32 Å². The van der Waals surface area contributed by atoms with E-state index in [1.807, 2.05) is 42.5 Å². The molecular formula is C29H32ClFN2O2S. The molecule has 0 aliphatic rings. The van der Waals surface area contributed by atoms with Gasteiger partial charge in [-0.2, -0.15) is 0 Å². The van der Waals surface area contributed by atoms with Gasteiger partial charge < -0.3 is 10.2 Å². The predicted molar refractivity (Wildman–Crippen MR) is 146 cm³/mol. The summed E-state index contributed by atoms with van der Waals surface area (Å²) in [7, 11) is 0. The third kappa shape index (κ3) is 8.99. The van der Waals surface area contributed by atoms with E-state index in [9.17, 15) is 14.0 Å². The second-order valence-corrected chi connectivity index (χ2v) is 10.0. The Balaban J connectivity index is 1.81. The minimum absolute atomic E-state index is 0.122. The Morgan fingerprint density at radius 2 is 1.61 bits per heavy atom. The van der Waals surface area contributed by atoms with E-state index in [0.717, 1.165) is 29.5 Å². The average Bonchev–Trinajstić information content (AvgIpc) is 2.89. The number of hydrogen-bond acceptors (Lipinski definition) is 3. The molecule has 4 nitrogen and oxygen atoms in total. The fourth-order valence-electron chi connectivity index (χ4n) is 3.77. The van der Waals surface area contributed by atoms with Gasteiger partial charge in [0.25, 0.3) is 0 Å². The number of halogens is 2. The van der Waals surface area contributed by atoms with Crippen LogP contribution in [-0.4, -0.2) is 35.1 Å². The Hall–Kier alpha value is -2.83. The molecule has 0 radical (unpaired) electrons. The largest absolute Gasteiger partial charge is 0.354 e. The van der Waals surface area contributed by atoms with Crippen molar-refractivity contribution in [3.63, 3.8) is 0 Å². The zero-order valence-electron chi connectivity index (χ0n) is 20.5. The molecule has 3 rings (SSSR count). The van der Waals surface area contributed by atoms with Crippen molar-refractivity contribution in [2.45, 2.75) is 44.5 Å². The van der Waals surface area contributed by atoms with Gasteiger partial charge in [-0.1, -0.05) is 79.5 Å². The standard InChI is InChI=1S/C29H32ClFN2O2S/c1-2-3-17-32-29(35)27(18-22-7-5-4-6-8-22)33(19-23-9-13-25(30)14-10-23)28(34)21-36-20-24-11-15-26(31)16-12-24/h4-16,27H,2-3,17-21H2,1H3,(H,32,35). The van der Waals surface area contributed by atoms with Crippen molar-refractivity contribution in [2.24, 2.45) is 0 Å². The van der Waals surface area contributed by atoms with Gasteiger partial charge >= 0.3 is 0 Å². The van der Waals surface area contributed by atoms with E-state index in [1.54, 1.807) is 29.2 Å². The van der Waals surface area contributed by atoms with Crippen LogP contribution >= 0.6 is 23.4 Å². The first-order chi connectivity index (χ1) is 17.5. The molecule has 0 fully saturated rings. The number of carbonyl (C=O) groups excluding carboxylic acids is 2. The third-order valence-electron chi connectivity index (χ3n) is 5.77. The van der Waals surface area contributed by atoms with E-state index in [0.29, 0.717) is 30.3 Å². The summed E-state index contributed by atoms with van der Waals surface area (Å²) in [5, 5.41) is 3.64. The van der Waals surface area contributed by atoms with E-state index in [4.69, 9.17) is 11.6 Å². The molecule has 1 unspecified atom stereocenters. The molecule has 36 heavy (non-hydrogen) atoms. The molecule has 0 saturated heterocycles. The molecular weight excluding hydrogens is 495 g/mol. The summed E-state index contributed by atoms with van der Waals surface area (Å²) in [6.07, 6.45) is 2.26. The van der Waals surface area contributed by atoms with Crippen molar-refractivity contribution < 1.29 is 14.0 Å². The molecule has 0 saturated carbocycles. The van der Waals surface area contributed by atoms with E-state index >= 15 is 0 Å². The summed E-state index contributed by atoms with van der Waals surface area (Å²) in [4.78, 5) is 28.6. The van der Waals surface area contributed by atoms with Crippen LogP contribution in [0.4, 0.5) is 4.39 Å². The number of benzene rings is 3. The quantitative estimate of drug-likeness (QED) is 0.267. The minimum Gasteiger partial charge on any atom is -0.354 e. The van der Waals surface area contributed by atoms with Crippen molar-refractivity contribution in [3.8, 4) is 0 Å². The van der Waals surface area contributed by atoms with Crippen LogP contribution in [0.25, 0.3) is 0 Å². The van der Waals surface area contributed by atoms with Gasteiger partial charge in [0.1, 0.15) is 11.9 Å². The number of amides is 2. The monoisotopic (exact) mass is 526 g/mol. The second-order valence-electron chi connectivity index (χ2n) is 8.62. The highest BCUT2D eigenvalue weighted by Gasteiger charge is 2.30. The second kappa shape index (κ2) is 14.7. The van der Waals surface area contributed by atoms with E-state index in [1.165, 1.54) is 23.9 Å². The average molecular weight is 527 g/mol. The number of thioether (sulfide) groups is 1. The zero-order chi connectivity index (χ0) is 25.8. The highest BCUT2D eigenvalue weighted by Crippen LogP contribution is 2.20. The highest BCUT2D eigenvalue weighted by atomic mass is 35.5. The van der Waals surface area contributed by atoms with Crippen LogP contribution in [-0.2, 0) is 28.3 Å². The lowest BCUT2D eigenvalue weighted by molar-refractivity contribution is -0.139. The molecule has 3 aromatic rings. The smallest absolute Gasteiger partial charge is 0.243 e. The number of carbonyl (C=O) groups is 2. The molecule has 0 aromatic heterocycles. The van der Waals surface area contributed by atoms with Crippen molar-refractivity contribution in [1.29, 1.82) is 0 Å². The Morgan fingerprint density at radius 3 is 2.28 bits per heavy atom. The number of nitrogens with one attached hydrogen (secondary N) is 1. The lowest BCUT2D eigenvalue weighted by Crippen LogP contribution is -2.51. The van der Waals surface area contributed by atoms with Gasteiger partial charge in [-0.25, -0.2) is 4.39 Å². The summed E-state index contributed by atoms with van der Waals surface area (Å²) in [6.45, 7) is 2.94. The lowest BCUT2D eigenvalue weighted by Gasteiger charge is -2.31. The summed E-state index contributed by atoms with van der Waals surface area (Å²) >= 11 is 7.52. The maximum atomic E-state index is 13.6. The Bertz CT molecular complexity index is 1090. The first kappa shape index (κ1) is 27.8. The van der Waals surface area contributed by atoms with Gasteiger partial charge in [0, 0.05) is 30.3 Å². The number of rotatable bonds is 13. The Labute approximate surface area is 222 Å². The van der Waals surface area contributed by atoms with E-state index in [-0.39, 0.29) is 23.4 Å². The topological polar surface area (TPSA) is 49.4 Å². The van der Waals surface area contributed by atoms with Crippen LogP contribution in [0, 0.1) is 5.82 Å². The summed E-state index contributed by atoms with van der Waals surface area (Å²) in [6, 6.07) is 22.7. The van der Waals surface area contributed by atoms with Crippen LogP contribution in [0.3, 0.4) is 0 Å². The molecule has 1 N–H and O–H groups in total. The van der Waals surface area contributed by atoms with Crippen LogP contribution in [0.1, 0.15) is 36.5 Å². The molecule has 7 heteroatoms. The van der Waals surface area contributed by atoms with Crippen molar-refractivity contribution in [1.82, 2.24) is 10.2 Å². The van der Waals surface area contributed by atoms with Crippen LogP contribution in [0.5, 0.6) is 0 Å². The predicted octanol–water partition coefficient (Wildman–Crippen LogP) is 6.27. The van der Waals surface area contributed by atoms with E-state index in [2.05, 4.69) is 12.2 Å². The van der Waals surface area contributed by atoms with Gasteiger partial charge in [0.2, 0.25) is 11.8 Å². The molecule has 0 aliphatic heterocycles. The third-order valence-corrected chi connectivity index (χ3v) is 7.01. The molecule has 0 bridgehead atoms. The molecule has 0 spiro atoms.